The van der Waals surface area contributed by atoms with Gasteiger partial charge in [0, 0.05) is 11.8 Å². The van der Waals surface area contributed by atoms with E-state index in [1.165, 1.54) is 24.3 Å². The van der Waals surface area contributed by atoms with Crippen LogP contribution in [0.25, 0.3) is 0 Å². The third-order valence-electron chi connectivity index (χ3n) is 2.27. The van der Waals surface area contributed by atoms with Crippen LogP contribution in [0, 0.1) is 17.1 Å². The van der Waals surface area contributed by atoms with Gasteiger partial charge >= 0.3 is 0 Å². The molecule has 5 heteroatoms. The van der Waals surface area contributed by atoms with E-state index in [4.69, 9.17) is 15.7 Å². The van der Waals surface area contributed by atoms with Crippen molar-refractivity contribution in [3.63, 3.8) is 0 Å². The summed E-state index contributed by atoms with van der Waals surface area (Å²) in [7, 11) is 0. The number of nitrogen functional groups attached to an aromatic ring is 1. The van der Waals surface area contributed by atoms with Crippen LogP contribution in [0.2, 0.25) is 0 Å². The molecule has 18 heavy (non-hydrogen) atoms. The molecule has 2 aromatic rings. The smallest absolute Gasteiger partial charge is 0.141 e. The van der Waals surface area contributed by atoms with E-state index in [0.29, 0.717) is 27.2 Å². The van der Waals surface area contributed by atoms with Gasteiger partial charge < -0.3 is 10.5 Å². The van der Waals surface area contributed by atoms with Crippen LogP contribution in [0.1, 0.15) is 5.56 Å². The molecule has 90 valence electrons. The maximum Gasteiger partial charge on any atom is 0.141 e. The van der Waals surface area contributed by atoms with Crippen LogP contribution in [-0.2, 0) is 0 Å². The summed E-state index contributed by atoms with van der Waals surface area (Å²) in [6.45, 7) is 0. The van der Waals surface area contributed by atoms with Crippen molar-refractivity contribution in [3.8, 4) is 17.6 Å². The van der Waals surface area contributed by atoms with Crippen LogP contribution in [0.3, 0.4) is 0 Å². The molecule has 3 nitrogen and oxygen atoms in total. The van der Waals surface area contributed by atoms with E-state index in [1.54, 1.807) is 12.1 Å². The normalized spacial score (nSPS) is 9.83. The minimum Gasteiger partial charge on any atom is -0.456 e. The quantitative estimate of drug-likeness (QED) is 0.858. The van der Waals surface area contributed by atoms with E-state index in [1.807, 2.05) is 6.07 Å². The van der Waals surface area contributed by atoms with Gasteiger partial charge in [-0.2, -0.15) is 5.26 Å². The molecule has 0 saturated heterocycles. The molecule has 0 spiro atoms. The molecule has 0 aliphatic carbocycles. The lowest BCUT2D eigenvalue weighted by Gasteiger charge is -2.08. The summed E-state index contributed by atoms with van der Waals surface area (Å²) >= 11 is 3.20. The SMILES string of the molecule is N#Cc1cc(Oc2ccc(F)cc2Br)ccc1N. The molecular formula is C13H8BrFN2O. The van der Waals surface area contributed by atoms with Gasteiger partial charge in [0.25, 0.3) is 0 Å². The Hall–Kier alpha value is -2.06. The van der Waals surface area contributed by atoms with Crippen LogP contribution in [0.4, 0.5) is 10.1 Å². The Morgan fingerprint density at radius 3 is 2.67 bits per heavy atom. The Labute approximate surface area is 112 Å². The highest BCUT2D eigenvalue weighted by Crippen LogP contribution is 2.31. The second kappa shape index (κ2) is 5.07. The predicted octanol–water partition coefficient (Wildman–Crippen LogP) is 3.83. The molecule has 0 amide bonds. The van der Waals surface area contributed by atoms with Crippen molar-refractivity contribution in [2.45, 2.75) is 0 Å². The first-order valence-electron chi connectivity index (χ1n) is 5.02. The number of nitriles is 1. The van der Waals surface area contributed by atoms with Gasteiger partial charge in [-0.3, -0.25) is 0 Å². The van der Waals surface area contributed by atoms with Crippen LogP contribution in [0.5, 0.6) is 11.5 Å². The number of halogens is 2. The van der Waals surface area contributed by atoms with Gasteiger partial charge in [-0.05, 0) is 46.3 Å². The number of nitrogens with two attached hydrogens (primary N) is 1. The van der Waals surface area contributed by atoms with Crippen LogP contribution in [0.15, 0.2) is 40.9 Å². The molecule has 0 bridgehead atoms. The van der Waals surface area contributed by atoms with Crippen molar-refractivity contribution in [1.29, 1.82) is 5.26 Å². The molecule has 2 N–H and O–H groups in total. The average molecular weight is 307 g/mol. The van der Waals surface area contributed by atoms with E-state index in [0.717, 1.165) is 0 Å². The van der Waals surface area contributed by atoms with Gasteiger partial charge in [0.2, 0.25) is 0 Å². The zero-order chi connectivity index (χ0) is 13.1. The second-order valence-electron chi connectivity index (χ2n) is 3.54. The van der Waals surface area contributed by atoms with Crippen LogP contribution in [-0.4, -0.2) is 0 Å². The third-order valence-corrected chi connectivity index (χ3v) is 2.89. The molecule has 0 aromatic heterocycles. The lowest BCUT2D eigenvalue weighted by atomic mass is 10.2. The van der Waals surface area contributed by atoms with Crippen LogP contribution < -0.4 is 10.5 Å². The first kappa shape index (κ1) is 12.4. The summed E-state index contributed by atoms with van der Waals surface area (Å²) in [6.07, 6.45) is 0. The predicted molar refractivity (Wildman–Crippen MR) is 69.7 cm³/mol. The van der Waals surface area contributed by atoms with E-state index in [2.05, 4.69) is 15.9 Å². The topological polar surface area (TPSA) is 59.0 Å². The Morgan fingerprint density at radius 2 is 2.00 bits per heavy atom. The van der Waals surface area contributed by atoms with E-state index in [9.17, 15) is 4.39 Å². The molecule has 0 aliphatic heterocycles. The molecule has 0 heterocycles. The fraction of sp³-hybridized carbons (Fsp3) is 0. The second-order valence-corrected chi connectivity index (χ2v) is 4.39. The van der Waals surface area contributed by atoms with Crippen molar-refractivity contribution in [3.05, 3.63) is 52.3 Å². The molecular weight excluding hydrogens is 299 g/mol. The molecule has 0 fully saturated rings. The standard InChI is InChI=1S/C13H8BrFN2O/c14-11-6-9(15)1-4-13(11)18-10-2-3-12(17)8(5-10)7-16/h1-6H,17H2. The number of hydrogen-bond donors (Lipinski definition) is 1. The third kappa shape index (κ3) is 2.60. The summed E-state index contributed by atoms with van der Waals surface area (Å²) in [5, 5.41) is 8.86. The molecule has 0 unspecified atom stereocenters. The fourth-order valence-corrected chi connectivity index (χ4v) is 1.81. The largest absolute Gasteiger partial charge is 0.456 e. The number of nitrogens with zero attached hydrogens (tertiary/aromatic N) is 1. The number of rotatable bonds is 2. The number of hydrogen-bond acceptors (Lipinski definition) is 3. The Bertz CT molecular complexity index is 637. The van der Waals surface area contributed by atoms with Crippen molar-refractivity contribution in [2.24, 2.45) is 0 Å². The molecule has 0 saturated carbocycles. The van der Waals surface area contributed by atoms with Gasteiger partial charge in [-0.1, -0.05) is 0 Å². The molecule has 0 aliphatic rings. The van der Waals surface area contributed by atoms with Gasteiger partial charge in [-0.25, -0.2) is 4.39 Å². The minimum absolute atomic E-state index is 0.339. The summed E-state index contributed by atoms with van der Waals surface area (Å²) in [4.78, 5) is 0. The van der Waals surface area contributed by atoms with Crippen molar-refractivity contribution >= 4 is 21.6 Å². The summed E-state index contributed by atoms with van der Waals surface area (Å²) < 4.78 is 19.0. The van der Waals surface area contributed by atoms with Crippen LogP contribution >= 0.6 is 15.9 Å². The average Bonchev–Trinajstić information content (AvgIpc) is 2.35. The highest BCUT2D eigenvalue weighted by Gasteiger charge is 2.06. The molecule has 2 aromatic carbocycles. The number of anilines is 1. The lowest BCUT2D eigenvalue weighted by molar-refractivity contribution is 0.477. The van der Waals surface area contributed by atoms with E-state index >= 15 is 0 Å². The Kier molecular flexibility index (Phi) is 3.49. The van der Waals surface area contributed by atoms with Gasteiger partial charge in [0.05, 0.1) is 10.0 Å². The molecule has 0 atom stereocenters. The maximum atomic E-state index is 12.9. The number of benzene rings is 2. The first-order chi connectivity index (χ1) is 8.60. The van der Waals surface area contributed by atoms with Gasteiger partial charge in [0.15, 0.2) is 0 Å². The van der Waals surface area contributed by atoms with Crippen molar-refractivity contribution < 1.29 is 9.13 Å². The number of ether oxygens (including phenoxy) is 1. The Balaban J connectivity index is 2.32. The molecule has 0 radical (unpaired) electrons. The lowest BCUT2D eigenvalue weighted by Crippen LogP contribution is -1.92. The zero-order valence-corrected chi connectivity index (χ0v) is 10.7. The highest BCUT2D eigenvalue weighted by molar-refractivity contribution is 9.10. The summed E-state index contributed by atoms with van der Waals surface area (Å²) in [6, 6.07) is 10.8. The van der Waals surface area contributed by atoms with Gasteiger partial charge in [0.1, 0.15) is 23.4 Å². The fourth-order valence-electron chi connectivity index (χ4n) is 1.38. The summed E-state index contributed by atoms with van der Waals surface area (Å²) in [5.41, 5.74) is 6.34. The van der Waals surface area contributed by atoms with E-state index in [-0.39, 0.29) is 5.82 Å². The van der Waals surface area contributed by atoms with Crippen molar-refractivity contribution in [1.82, 2.24) is 0 Å². The highest BCUT2D eigenvalue weighted by atomic mass is 79.9. The zero-order valence-electron chi connectivity index (χ0n) is 9.15. The van der Waals surface area contributed by atoms with Crippen molar-refractivity contribution in [2.75, 3.05) is 5.73 Å². The maximum absolute atomic E-state index is 12.9. The minimum atomic E-state index is -0.357. The summed E-state index contributed by atoms with van der Waals surface area (Å²) in [5.74, 6) is 0.572. The van der Waals surface area contributed by atoms with Gasteiger partial charge in [-0.15, -0.1) is 0 Å². The monoisotopic (exact) mass is 306 g/mol. The Morgan fingerprint density at radius 1 is 1.22 bits per heavy atom. The molecule has 2 rings (SSSR count). The first-order valence-corrected chi connectivity index (χ1v) is 5.82. The van der Waals surface area contributed by atoms with E-state index < -0.39 is 0 Å².